The zero-order valence-corrected chi connectivity index (χ0v) is 33.0. The topological polar surface area (TPSA) is 140 Å². The van der Waals surface area contributed by atoms with E-state index in [-0.39, 0.29) is 69.2 Å². The van der Waals surface area contributed by atoms with Gasteiger partial charge < -0.3 is 34.2 Å². The lowest BCUT2D eigenvalue weighted by Crippen LogP contribution is -2.52. The fourth-order valence-corrected chi connectivity index (χ4v) is 7.76. The van der Waals surface area contributed by atoms with Gasteiger partial charge >= 0.3 is 24.5 Å². The number of anilines is 1. The summed E-state index contributed by atoms with van der Waals surface area (Å²) in [6.45, 7) is -1.14. The van der Waals surface area contributed by atoms with E-state index in [9.17, 15) is 32.8 Å². The number of aromatic nitrogens is 1. The number of pyridine rings is 1. The van der Waals surface area contributed by atoms with Crippen molar-refractivity contribution in [1.29, 1.82) is 0 Å². The van der Waals surface area contributed by atoms with Crippen LogP contribution in [0.5, 0.6) is 11.5 Å². The second-order valence-electron chi connectivity index (χ2n) is 14.7. The van der Waals surface area contributed by atoms with Crippen molar-refractivity contribution in [1.82, 2.24) is 4.90 Å². The van der Waals surface area contributed by atoms with Gasteiger partial charge in [-0.2, -0.15) is 13.5 Å². The largest absolute Gasteiger partial charge is 0.619 e. The van der Waals surface area contributed by atoms with Crippen LogP contribution < -0.4 is 19.5 Å². The summed E-state index contributed by atoms with van der Waals surface area (Å²) in [6.07, 6.45) is 4.25. The summed E-state index contributed by atoms with van der Waals surface area (Å²) in [6, 6.07) is 14.5. The van der Waals surface area contributed by atoms with Crippen LogP contribution in [0.4, 0.5) is 18.9 Å². The number of fused-ring (bicyclic) bond motifs is 3. The first kappa shape index (κ1) is 41.9. The molecule has 1 N–H and O–H groups in total. The highest BCUT2D eigenvalue weighted by Gasteiger charge is 2.38. The Balaban J connectivity index is 1.05. The quantitative estimate of drug-likeness (QED) is 0.0486. The monoisotopic (exact) mass is 857 g/mol. The number of piperidine rings is 3. The second kappa shape index (κ2) is 18.8. The van der Waals surface area contributed by atoms with Crippen LogP contribution in [-0.2, 0) is 30.2 Å². The number of nitrogens with one attached hydrogen (secondary N) is 1. The number of carbonyl (C=O) groups excluding carboxylic acids is 3. The van der Waals surface area contributed by atoms with Gasteiger partial charge in [0.2, 0.25) is 0 Å². The predicted molar refractivity (Wildman–Crippen MR) is 208 cm³/mol. The second-order valence-corrected chi connectivity index (χ2v) is 15.5. The van der Waals surface area contributed by atoms with Crippen LogP contribution in [0.25, 0.3) is 0 Å². The number of benzene rings is 3. The lowest BCUT2D eigenvalue weighted by Gasteiger charge is -2.44. The van der Waals surface area contributed by atoms with Crippen LogP contribution in [0.3, 0.4) is 0 Å². The number of ether oxygens (including phenoxy) is 5. The average molecular weight is 859 g/mol. The average Bonchev–Trinajstić information content (AvgIpc) is 4.05. The number of halogens is 5. The minimum Gasteiger partial charge on any atom is -0.619 e. The molecule has 1 aromatic heterocycles. The summed E-state index contributed by atoms with van der Waals surface area (Å²) in [7, 11) is 0. The van der Waals surface area contributed by atoms with Gasteiger partial charge in [-0.05, 0) is 104 Å². The minimum absolute atomic E-state index is 0.00718. The molecule has 2 bridgehead atoms. The number of nitrogens with zero attached hydrogens (tertiary/aromatic N) is 2. The third-order valence-corrected chi connectivity index (χ3v) is 11.1. The van der Waals surface area contributed by atoms with Crippen molar-refractivity contribution in [2.24, 2.45) is 11.8 Å². The minimum atomic E-state index is -3.13. The van der Waals surface area contributed by atoms with E-state index in [1.807, 2.05) is 0 Å². The molecule has 312 valence electrons. The van der Waals surface area contributed by atoms with Gasteiger partial charge in [0, 0.05) is 24.2 Å². The van der Waals surface area contributed by atoms with Crippen LogP contribution in [0, 0.1) is 22.9 Å². The molecule has 12 nitrogen and oxygen atoms in total. The smallest absolute Gasteiger partial charge is 0.387 e. The first-order chi connectivity index (χ1) is 28.4. The molecule has 8 rings (SSSR count). The molecule has 0 spiro atoms. The molecule has 4 aromatic rings. The molecule has 0 radical (unpaired) electrons. The number of esters is 3. The summed E-state index contributed by atoms with van der Waals surface area (Å²) in [5.74, 6) is -2.61. The highest BCUT2D eigenvalue weighted by atomic mass is 35.5. The summed E-state index contributed by atoms with van der Waals surface area (Å²) in [4.78, 5) is 42.5. The van der Waals surface area contributed by atoms with Gasteiger partial charge in [0.1, 0.15) is 28.1 Å². The molecule has 59 heavy (non-hydrogen) atoms. The fourth-order valence-electron chi connectivity index (χ4n) is 7.16. The van der Waals surface area contributed by atoms with E-state index >= 15 is 0 Å². The van der Waals surface area contributed by atoms with E-state index in [1.54, 1.807) is 12.1 Å². The molecular weight excluding hydrogens is 818 g/mol. The summed E-state index contributed by atoms with van der Waals surface area (Å²) >= 11 is 12.7. The van der Waals surface area contributed by atoms with E-state index in [0.717, 1.165) is 51.2 Å². The van der Waals surface area contributed by atoms with Gasteiger partial charge in [-0.15, -0.1) is 0 Å². The molecular formula is C42H40Cl2F3N3O9. The Morgan fingerprint density at radius 2 is 1.63 bits per heavy atom. The third kappa shape index (κ3) is 11.1. The molecule has 17 heteroatoms. The van der Waals surface area contributed by atoms with Gasteiger partial charge in [0.15, 0.2) is 36.5 Å². The number of carbonyl (C=O) groups is 3. The van der Waals surface area contributed by atoms with Crippen LogP contribution in [0.1, 0.15) is 64.9 Å². The van der Waals surface area contributed by atoms with E-state index in [2.05, 4.69) is 15.0 Å². The van der Waals surface area contributed by atoms with Gasteiger partial charge in [-0.25, -0.2) is 18.8 Å². The summed E-state index contributed by atoms with van der Waals surface area (Å²) in [5, 5.41) is 15.0. The highest BCUT2D eigenvalue weighted by Crippen LogP contribution is 2.38. The standard InChI is InChI=1S/C42H40Cl2F3N3O9/c43-32-19-50(54)20-33(44)31(32)18-35(27-8-11-34(59-42(46)47)36(17-27)55-22-24-4-5-24)57-38(51)23-56-40(52)28-2-1-3-30(16-28)48-39(26-6-9-29(45)10-7-26)41(53)58-37-21-49-14-12-25(37)13-15-49/h1-3,6-11,16-17,19-20,24-25,35,37,39,42,48H,4-5,12-15,18,21-23H2/t35-,37-,39?/m0/s1. The lowest BCUT2D eigenvalue weighted by molar-refractivity contribution is -0.605. The van der Waals surface area contributed by atoms with E-state index in [0.29, 0.717) is 22.5 Å². The number of rotatable bonds is 17. The Kier molecular flexibility index (Phi) is 13.3. The zero-order valence-electron chi connectivity index (χ0n) is 31.5. The van der Waals surface area contributed by atoms with Crippen molar-refractivity contribution in [3.8, 4) is 11.5 Å². The summed E-state index contributed by atoms with van der Waals surface area (Å²) in [5.41, 5.74) is 1.36. The molecule has 3 atom stereocenters. The fraction of sp³-hybridized carbons (Fsp3) is 0.381. The van der Waals surface area contributed by atoms with Crippen molar-refractivity contribution in [2.45, 2.75) is 57.0 Å². The van der Waals surface area contributed by atoms with E-state index in [1.165, 1.54) is 54.6 Å². The van der Waals surface area contributed by atoms with Gasteiger partial charge in [-0.3, -0.25) is 4.90 Å². The van der Waals surface area contributed by atoms with Crippen LogP contribution in [0.15, 0.2) is 79.1 Å². The van der Waals surface area contributed by atoms with Crippen molar-refractivity contribution in [3.05, 3.63) is 122 Å². The van der Waals surface area contributed by atoms with Gasteiger partial charge in [-0.1, -0.05) is 47.5 Å². The first-order valence-electron chi connectivity index (χ1n) is 19.1. The van der Waals surface area contributed by atoms with Crippen LogP contribution >= 0.6 is 23.2 Å². The van der Waals surface area contributed by atoms with E-state index < -0.39 is 49.1 Å². The SMILES string of the molecule is O=C(COC(=O)c1cccc(NC(C(=O)O[C@H]2CN3CCC2CC3)c2ccc(F)cc2)c1)O[C@@H](Cc1c(Cl)c[n+]([O-])cc1Cl)c1ccc(OC(F)F)c(OCC2CC2)c1. The van der Waals surface area contributed by atoms with Crippen molar-refractivity contribution < 1.29 is 56.0 Å². The van der Waals surface area contributed by atoms with Crippen LogP contribution in [-0.4, -0.2) is 68.4 Å². The molecule has 4 fully saturated rings. The molecule has 3 aliphatic heterocycles. The zero-order chi connectivity index (χ0) is 41.6. The Labute approximate surface area is 347 Å². The Bertz CT molecular complexity index is 2130. The molecule has 3 saturated heterocycles. The molecule has 0 amide bonds. The molecule has 4 aliphatic rings. The Morgan fingerprint density at radius 1 is 0.915 bits per heavy atom. The normalized spacial score (nSPS) is 19.4. The molecule has 1 saturated carbocycles. The third-order valence-electron chi connectivity index (χ3n) is 10.5. The predicted octanol–water partition coefficient (Wildman–Crippen LogP) is 7.63. The number of hydrogen-bond donors (Lipinski definition) is 1. The Morgan fingerprint density at radius 3 is 2.29 bits per heavy atom. The molecule has 4 heterocycles. The first-order valence-corrected chi connectivity index (χ1v) is 19.8. The number of alkyl halides is 2. The molecule has 3 aromatic carbocycles. The lowest BCUT2D eigenvalue weighted by atomic mass is 9.86. The highest BCUT2D eigenvalue weighted by molar-refractivity contribution is 6.35. The van der Waals surface area contributed by atoms with E-state index in [4.69, 9.17) is 42.1 Å². The number of hydrogen-bond acceptors (Lipinski definition) is 11. The van der Waals surface area contributed by atoms with Gasteiger partial charge in [0.05, 0.1) is 12.2 Å². The maximum atomic E-state index is 13.9. The molecule has 1 unspecified atom stereocenters. The van der Waals surface area contributed by atoms with Gasteiger partial charge in [0.25, 0.3) is 0 Å². The van der Waals surface area contributed by atoms with Crippen molar-refractivity contribution in [2.75, 3.05) is 38.2 Å². The van der Waals surface area contributed by atoms with Crippen molar-refractivity contribution >= 4 is 46.8 Å². The maximum Gasteiger partial charge on any atom is 0.387 e. The maximum absolute atomic E-state index is 13.9. The molecule has 1 aliphatic carbocycles. The summed E-state index contributed by atoms with van der Waals surface area (Å²) < 4.78 is 68.3. The van der Waals surface area contributed by atoms with Crippen LogP contribution in [0.2, 0.25) is 10.0 Å². The van der Waals surface area contributed by atoms with Crippen molar-refractivity contribution in [3.63, 3.8) is 0 Å². The Hall–Kier alpha value is -5.25.